The van der Waals surface area contributed by atoms with Crippen molar-refractivity contribution < 1.29 is 4.52 Å². The van der Waals surface area contributed by atoms with Gasteiger partial charge in [0.05, 0.1) is 0 Å². The van der Waals surface area contributed by atoms with Gasteiger partial charge in [-0.3, -0.25) is 0 Å². The summed E-state index contributed by atoms with van der Waals surface area (Å²) in [7, 11) is 0. The highest BCUT2D eigenvalue weighted by Crippen LogP contribution is 1.98. The molecule has 1 heterocycles. The Labute approximate surface area is 64.6 Å². The number of nitrogens with one attached hydrogen (secondary N) is 1. The highest BCUT2D eigenvalue weighted by atomic mass is 16.5. The molecule has 0 atom stereocenters. The molecule has 0 fully saturated rings. The van der Waals surface area contributed by atoms with E-state index in [1.165, 1.54) is 0 Å². The molecule has 0 aliphatic rings. The van der Waals surface area contributed by atoms with Crippen molar-refractivity contribution >= 4 is 0 Å². The van der Waals surface area contributed by atoms with Crippen LogP contribution in [0.25, 0.3) is 0 Å². The third kappa shape index (κ3) is 2.22. The van der Waals surface area contributed by atoms with Gasteiger partial charge in [0, 0.05) is 0 Å². The Balaban J connectivity index is 2.39. The summed E-state index contributed by atoms with van der Waals surface area (Å²) in [5.74, 6) is 0. The average molecular weight is 156 g/mol. The van der Waals surface area contributed by atoms with E-state index in [0.717, 1.165) is 25.7 Å². The minimum atomic E-state index is -0.332. The molecule has 1 N–H and O–H groups in total. The summed E-state index contributed by atoms with van der Waals surface area (Å²) in [6.45, 7) is 2.12. The minimum absolute atomic E-state index is 0.332. The lowest BCUT2D eigenvalue weighted by atomic mass is 10.2. The molecule has 0 aliphatic carbocycles. The Hall–Kier alpha value is -1.06. The molecule has 4 heteroatoms. The van der Waals surface area contributed by atoms with E-state index < -0.39 is 0 Å². The third-order valence-electron chi connectivity index (χ3n) is 1.57. The maximum Gasteiger partial charge on any atom is 0.380 e. The van der Waals surface area contributed by atoms with Gasteiger partial charge in [0.1, 0.15) is 0 Å². The molecule has 0 saturated heterocycles. The maximum atomic E-state index is 10.8. The van der Waals surface area contributed by atoms with Crippen molar-refractivity contribution in [2.75, 3.05) is 0 Å². The predicted molar refractivity (Wildman–Crippen MR) is 40.4 cm³/mol. The zero-order valence-corrected chi connectivity index (χ0v) is 6.59. The molecule has 0 aliphatic heterocycles. The standard InChI is InChI=1S/C7H12N2O2/c1-2-3-4-5-6-7(10)11-9-8-6/h9H,2-5H2,1H3. The van der Waals surface area contributed by atoms with Crippen LogP contribution in [0.5, 0.6) is 0 Å². The van der Waals surface area contributed by atoms with Crippen molar-refractivity contribution in [2.45, 2.75) is 32.6 Å². The highest BCUT2D eigenvalue weighted by Gasteiger charge is 2.02. The number of aromatic amines is 1. The van der Waals surface area contributed by atoms with E-state index in [9.17, 15) is 4.79 Å². The minimum Gasteiger partial charge on any atom is -0.320 e. The van der Waals surface area contributed by atoms with Crippen LogP contribution in [0.2, 0.25) is 0 Å². The topological polar surface area (TPSA) is 58.9 Å². The van der Waals surface area contributed by atoms with Crippen LogP contribution in [-0.4, -0.2) is 10.4 Å². The Bertz CT molecular complexity index is 251. The first-order chi connectivity index (χ1) is 5.34. The molecule has 1 aromatic rings. The number of aromatic nitrogens is 2. The van der Waals surface area contributed by atoms with Gasteiger partial charge in [-0.25, -0.2) is 4.79 Å². The van der Waals surface area contributed by atoms with Gasteiger partial charge < -0.3 is 4.52 Å². The monoisotopic (exact) mass is 156 g/mol. The summed E-state index contributed by atoms with van der Waals surface area (Å²) < 4.78 is 4.40. The molecule has 4 nitrogen and oxygen atoms in total. The number of unbranched alkanes of at least 4 members (excludes halogenated alkanes) is 2. The first-order valence-corrected chi connectivity index (χ1v) is 3.87. The lowest BCUT2D eigenvalue weighted by Crippen LogP contribution is -2.02. The zero-order chi connectivity index (χ0) is 8.10. The van der Waals surface area contributed by atoms with Crippen molar-refractivity contribution in [1.82, 2.24) is 10.4 Å². The van der Waals surface area contributed by atoms with Crippen LogP contribution in [0, 0.1) is 0 Å². The first kappa shape index (κ1) is 8.04. The molecular formula is C7H12N2O2. The summed E-state index contributed by atoms with van der Waals surface area (Å²) >= 11 is 0. The lowest BCUT2D eigenvalue weighted by Gasteiger charge is -1.90. The van der Waals surface area contributed by atoms with Gasteiger partial charge in [-0.1, -0.05) is 19.8 Å². The second kappa shape index (κ2) is 3.95. The van der Waals surface area contributed by atoms with Crippen molar-refractivity contribution in [3.63, 3.8) is 0 Å². The molecule has 0 amide bonds. The molecule has 11 heavy (non-hydrogen) atoms. The van der Waals surface area contributed by atoms with Crippen molar-refractivity contribution in [3.05, 3.63) is 16.1 Å². The van der Waals surface area contributed by atoms with Crippen molar-refractivity contribution in [1.29, 1.82) is 0 Å². The van der Waals surface area contributed by atoms with E-state index in [0.29, 0.717) is 5.69 Å². The smallest absolute Gasteiger partial charge is 0.320 e. The second-order valence-corrected chi connectivity index (χ2v) is 2.50. The Kier molecular flexibility index (Phi) is 2.89. The molecular weight excluding hydrogens is 144 g/mol. The first-order valence-electron chi connectivity index (χ1n) is 3.87. The molecule has 1 rings (SSSR count). The molecule has 62 valence electrons. The molecule has 0 aromatic carbocycles. The summed E-state index contributed by atoms with van der Waals surface area (Å²) in [4.78, 5) is 10.8. The van der Waals surface area contributed by atoms with E-state index in [1.54, 1.807) is 0 Å². The van der Waals surface area contributed by atoms with Gasteiger partial charge >= 0.3 is 5.63 Å². The summed E-state index contributed by atoms with van der Waals surface area (Å²) in [6.07, 6.45) is 4.01. The third-order valence-corrected chi connectivity index (χ3v) is 1.57. The van der Waals surface area contributed by atoms with Gasteiger partial charge in [0.15, 0.2) is 5.69 Å². The van der Waals surface area contributed by atoms with E-state index in [4.69, 9.17) is 0 Å². The predicted octanol–water partition coefficient (Wildman–Crippen LogP) is 1.10. The normalized spacial score (nSPS) is 10.3. The maximum absolute atomic E-state index is 10.8. The van der Waals surface area contributed by atoms with Gasteiger partial charge in [-0.15, -0.1) is 10.4 Å². The van der Waals surface area contributed by atoms with Crippen LogP contribution in [0.3, 0.4) is 0 Å². The second-order valence-electron chi connectivity index (χ2n) is 2.50. The zero-order valence-electron chi connectivity index (χ0n) is 6.59. The molecule has 0 radical (unpaired) electrons. The van der Waals surface area contributed by atoms with Crippen LogP contribution in [0.4, 0.5) is 0 Å². The quantitative estimate of drug-likeness (QED) is 0.664. The van der Waals surface area contributed by atoms with Crippen LogP contribution < -0.4 is 5.63 Å². The van der Waals surface area contributed by atoms with Crippen LogP contribution in [0.15, 0.2) is 9.32 Å². The summed E-state index contributed by atoms with van der Waals surface area (Å²) in [5.41, 5.74) is 0.180. The van der Waals surface area contributed by atoms with Crippen LogP contribution in [0.1, 0.15) is 31.9 Å². The number of hydrogen-bond donors (Lipinski definition) is 1. The number of aryl methyl sites for hydroxylation is 1. The fourth-order valence-corrected chi connectivity index (χ4v) is 0.924. The van der Waals surface area contributed by atoms with Gasteiger partial charge in [0.2, 0.25) is 0 Å². The van der Waals surface area contributed by atoms with Crippen molar-refractivity contribution in [3.8, 4) is 0 Å². The van der Waals surface area contributed by atoms with Crippen molar-refractivity contribution in [2.24, 2.45) is 0 Å². The van der Waals surface area contributed by atoms with Gasteiger partial charge in [-0.2, -0.15) is 0 Å². The van der Waals surface area contributed by atoms with Crippen LogP contribution >= 0.6 is 0 Å². The van der Waals surface area contributed by atoms with Gasteiger partial charge in [-0.05, 0) is 12.8 Å². The summed E-state index contributed by atoms with van der Waals surface area (Å²) in [5, 5.41) is 5.87. The van der Waals surface area contributed by atoms with E-state index in [-0.39, 0.29) is 5.63 Å². The fourth-order valence-electron chi connectivity index (χ4n) is 0.924. The van der Waals surface area contributed by atoms with Gasteiger partial charge in [0.25, 0.3) is 0 Å². The SMILES string of the molecule is CCCCCc1n[nH]oc1=O. The summed E-state index contributed by atoms with van der Waals surface area (Å²) in [6, 6.07) is 0. The number of H-pyrrole nitrogens is 1. The molecule has 0 spiro atoms. The van der Waals surface area contributed by atoms with Crippen LogP contribution in [-0.2, 0) is 6.42 Å². The highest BCUT2D eigenvalue weighted by molar-refractivity contribution is 4.88. The molecule has 0 unspecified atom stereocenters. The van der Waals surface area contributed by atoms with E-state index >= 15 is 0 Å². The Morgan fingerprint density at radius 3 is 2.91 bits per heavy atom. The molecule has 0 bridgehead atoms. The Morgan fingerprint density at radius 1 is 1.55 bits per heavy atom. The Morgan fingerprint density at radius 2 is 2.36 bits per heavy atom. The lowest BCUT2D eigenvalue weighted by molar-refractivity contribution is 0.368. The number of nitrogens with zero attached hydrogens (tertiary/aromatic N) is 1. The number of rotatable bonds is 4. The van der Waals surface area contributed by atoms with E-state index in [2.05, 4.69) is 21.8 Å². The fraction of sp³-hybridized carbons (Fsp3) is 0.714. The molecule has 1 aromatic heterocycles. The average Bonchev–Trinajstić information content (AvgIpc) is 2.37. The largest absolute Gasteiger partial charge is 0.380 e. The molecule has 0 saturated carbocycles. The number of hydrogen-bond acceptors (Lipinski definition) is 3. The van der Waals surface area contributed by atoms with E-state index in [1.807, 2.05) is 0 Å².